The van der Waals surface area contributed by atoms with Crippen LogP contribution in [0.3, 0.4) is 0 Å². The highest BCUT2D eigenvalue weighted by Gasteiger charge is 2.37. The summed E-state index contributed by atoms with van der Waals surface area (Å²) in [4.78, 5) is 14.6. The van der Waals surface area contributed by atoms with Crippen molar-refractivity contribution in [2.45, 2.75) is 43.9 Å². The minimum atomic E-state index is 0.0382. The molecule has 0 unspecified atom stereocenters. The molecule has 1 N–H and O–H groups in total. The number of carbonyl (C=O) groups excluding carboxylic acids is 1. The van der Waals surface area contributed by atoms with Gasteiger partial charge in [-0.2, -0.15) is 0 Å². The zero-order chi connectivity index (χ0) is 17.1. The van der Waals surface area contributed by atoms with Crippen LogP contribution in [-0.4, -0.2) is 50.2 Å². The molecule has 2 aliphatic heterocycles. The Morgan fingerprint density at radius 1 is 1.04 bits per heavy atom. The predicted octanol–water partition coefficient (Wildman–Crippen LogP) is 2.48. The van der Waals surface area contributed by atoms with Crippen LogP contribution < -0.4 is 14.8 Å². The largest absolute Gasteiger partial charge is 0.486 e. The third-order valence-corrected chi connectivity index (χ3v) is 5.91. The zero-order valence-corrected chi connectivity index (χ0v) is 14.9. The number of likely N-dealkylation sites (tertiary alicyclic amines) is 1. The first-order valence-corrected chi connectivity index (χ1v) is 9.64. The van der Waals surface area contributed by atoms with Gasteiger partial charge >= 0.3 is 0 Å². The SMILES string of the molecule is O=C(CN1CCCC1)NCC1(c2ccc3c(c2)OCCO3)CCCC1. The summed E-state index contributed by atoms with van der Waals surface area (Å²) in [5, 5.41) is 3.22. The van der Waals surface area contributed by atoms with E-state index < -0.39 is 0 Å². The molecule has 1 amide bonds. The molecule has 0 spiro atoms. The van der Waals surface area contributed by atoms with Crippen LogP contribution in [0.2, 0.25) is 0 Å². The molecule has 1 aliphatic carbocycles. The topological polar surface area (TPSA) is 50.8 Å². The van der Waals surface area contributed by atoms with Crippen molar-refractivity contribution < 1.29 is 14.3 Å². The standard InChI is InChI=1S/C20H28N2O3/c23-19(14-22-9-3-4-10-22)21-15-20(7-1-2-8-20)16-5-6-17-18(13-16)25-12-11-24-17/h5-6,13H,1-4,7-12,14-15H2,(H,21,23). The van der Waals surface area contributed by atoms with Crippen molar-refractivity contribution in [3.63, 3.8) is 0 Å². The van der Waals surface area contributed by atoms with E-state index in [0.29, 0.717) is 19.8 Å². The predicted molar refractivity (Wildman–Crippen MR) is 96.3 cm³/mol. The molecule has 1 aromatic carbocycles. The molecule has 0 radical (unpaired) electrons. The van der Waals surface area contributed by atoms with Gasteiger partial charge in [-0.1, -0.05) is 18.9 Å². The second-order valence-electron chi connectivity index (χ2n) is 7.61. The highest BCUT2D eigenvalue weighted by atomic mass is 16.6. The zero-order valence-electron chi connectivity index (χ0n) is 14.9. The third-order valence-electron chi connectivity index (χ3n) is 5.91. The monoisotopic (exact) mass is 344 g/mol. The molecular formula is C20H28N2O3. The van der Waals surface area contributed by atoms with Crippen molar-refractivity contribution in [3.05, 3.63) is 23.8 Å². The van der Waals surface area contributed by atoms with Gasteiger partial charge in [-0.15, -0.1) is 0 Å². The number of nitrogens with zero attached hydrogens (tertiary/aromatic N) is 1. The lowest BCUT2D eigenvalue weighted by Crippen LogP contribution is -2.43. The Hall–Kier alpha value is -1.75. The molecule has 1 aromatic rings. The average Bonchev–Trinajstić information content (AvgIpc) is 3.32. The van der Waals surface area contributed by atoms with Gasteiger partial charge in [0, 0.05) is 12.0 Å². The number of fused-ring (bicyclic) bond motifs is 1. The van der Waals surface area contributed by atoms with Crippen LogP contribution in [0.1, 0.15) is 44.1 Å². The summed E-state index contributed by atoms with van der Waals surface area (Å²) in [6.07, 6.45) is 7.11. The molecule has 3 aliphatic rings. The first-order valence-electron chi connectivity index (χ1n) is 9.64. The van der Waals surface area contributed by atoms with Crippen molar-refractivity contribution in [2.75, 3.05) is 39.4 Å². The fraction of sp³-hybridized carbons (Fsp3) is 0.650. The molecule has 0 aromatic heterocycles. The van der Waals surface area contributed by atoms with Crippen molar-refractivity contribution in [3.8, 4) is 11.5 Å². The highest BCUT2D eigenvalue weighted by Crippen LogP contribution is 2.43. The van der Waals surface area contributed by atoms with E-state index in [0.717, 1.165) is 44.0 Å². The fourth-order valence-electron chi connectivity index (χ4n) is 4.46. The van der Waals surface area contributed by atoms with Gasteiger partial charge in [-0.3, -0.25) is 9.69 Å². The molecule has 1 saturated carbocycles. The maximum Gasteiger partial charge on any atom is 0.234 e. The summed E-state index contributed by atoms with van der Waals surface area (Å²) < 4.78 is 11.4. The number of carbonyl (C=O) groups is 1. The Kier molecular flexibility index (Phi) is 4.84. The minimum Gasteiger partial charge on any atom is -0.486 e. The van der Waals surface area contributed by atoms with E-state index in [2.05, 4.69) is 22.3 Å². The smallest absolute Gasteiger partial charge is 0.234 e. The van der Waals surface area contributed by atoms with Crippen LogP contribution in [-0.2, 0) is 10.2 Å². The Labute approximate surface area is 149 Å². The first kappa shape index (κ1) is 16.7. The summed E-state index contributed by atoms with van der Waals surface area (Å²) in [5.74, 6) is 1.84. The molecule has 5 nitrogen and oxygen atoms in total. The van der Waals surface area contributed by atoms with Gasteiger partial charge in [0.2, 0.25) is 5.91 Å². The molecule has 5 heteroatoms. The fourth-order valence-corrected chi connectivity index (χ4v) is 4.46. The Morgan fingerprint density at radius 2 is 1.76 bits per heavy atom. The van der Waals surface area contributed by atoms with Gasteiger partial charge in [-0.25, -0.2) is 0 Å². The minimum absolute atomic E-state index is 0.0382. The van der Waals surface area contributed by atoms with E-state index in [-0.39, 0.29) is 11.3 Å². The summed E-state index contributed by atoms with van der Waals surface area (Å²) >= 11 is 0. The quantitative estimate of drug-likeness (QED) is 0.892. The third kappa shape index (κ3) is 3.61. The Morgan fingerprint density at radius 3 is 2.52 bits per heavy atom. The number of hydrogen-bond acceptors (Lipinski definition) is 4. The van der Waals surface area contributed by atoms with Gasteiger partial charge in [0.15, 0.2) is 11.5 Å². The van der Waals surface area contributed by atoms with Crippen LogP contribution in [0.15, 0.2) is 18.2 Å². The lowest BCUT2D eigenvalue weighted by Gasteiger charge is -2.31. The van der Waals surface area contributed by atoms with Gasteiger partial charge in [0.25, 0.3) is 0 Å². The summed E-state index contributed by atoms with van der Waals surface area (Å²) in [5.41, 5.74) is 1.31. The average molecular weight is 344 g/mol. The maximum absolute atomic E-state index is 12.4. The number of rotatable bonds is 5. The number of nitrogens with one attached hydrogen (secondary N) is 1. The number of ether oxygens (including phenoxy) is 2. The Bertz CT molecular complexity index is 619. The first-order chi connectivity index (χ1) is 12.3. The van der Waals surface area contributed by atoms with E-state index in [1.54, 1.807) is 0 Å². The second kappa shape index (κ2) is 7.24. The van der Waals surface area contributed by atoms with Crippen molar-refractivity contribution in [2.24, 2.45) is 0 Å². The number of benzene rings is 1. The van der Waals surface area contributed by atoms with Gasteiger partial charge in [0.1, 0.15) is 13.2 Å². The van der Waals surface area contributed by atoms with Crippen LogP contribution in [0, 0.1) is 0 Å². The summed E-state index contributed by atoms with van der Waals surface area (Å²) in [6, 6.07) is 6.31. The maximum atomic E-state index is 12.4. The van der Waals surface area contributed by atoms with E-state index in [4.69, 9.17) is 9.47 Å². The van der Waals surface area contributed by atoms with Crippen molar-refractivity contribution in [1.82, 2.24) is 10.2 Å². The van der Waals surface area contributed by atoms with Crippen LogP contribution in [0.5, 0.6) is 11.5 Å². The van der Waals surface area contributed by atoms with E-state index in [9.17, 15) is 4.79 Å². The molecule has 2 heterocycles. The highest BCUT2D eigenvalue weighted by molar-refractivity contribution is 5.78. The second-order valence-corrected chi connectivity index (χ2v) is 7.61. The van der Waals surface area contributed by atoms with E-state index in [1.165, 1.54) is 31.2 Å². The lowest BCUT2D eigenvalue weighted by molar-refractivity contribution is -0.122. The van der Waals surface area contributed by atoms with Crippen LogP contribution in [0.4, 0.5) is 0 Å². The number of hydrogen-bond donors (Lipinski definition) is 1. The van der Waals surface area contributed by atoms with E-state index in [1.807, 2.05) is 6.07 Å². The Balaban J connectivity index is 1.45. The molecule has 0 atom stereocenters. The summed E-state index contributed by atoms with van der Waals surface area (Å²) in [6.45, 7) is 4.60. The molecule has 4 rings (SSSR count). The van der Waals surface area contributed by atoms with Gasteiger partial charge in [-0.05, 0) is 56.5 Å². The molecule has 136 valence electrons. The molecule has 2 fully saturated rings. The van der Waals surface area contributed by atoms with Crippen molar-refractivity contribution >= 4 is 5.91 Å². The summed E-state index contributed by atoms with van der Waals surface area (Å²) in [7, 11) is 0. The van der Waals surface area contributed by atoms with E-state index >= 15 is 0 Å². The van der Waals surface area contributed by atoms with Crippen molar-refractivity contribution in [1.29, 1.82) is 0 Å². The molecular weight excluding hydrogens is 316 g/mol. The van der Waals surface area contributed by atoms with Gasteiger partial charge < -0.3 is 14.8 Å². The lowest BCUT2D eigenvalue weighted by atomic mass is 9.78. The molecule has 0 bridgehead atoms. The molecule has 1 saturated heterocycles. The number of amides is 1. The van der Waals surface area contributed by atoms with Crippen LogP contribution in [0.25, 0.3) is 0 Å². The van der Waals surface area contributed by atoms with Crippen LogP contribution >= 0.6 is 0 Å². The normalized spacial score (nSPS) is 22.1. The van der Waals surface area contributed by atoms with Gasteiger partial charge in [0.05, 0.1) is 6.54 Å². The molecule has 25 heavy (non-hydrogen) atoms.